The molecule has 0 amide bonds. The van der Waals surface area contributed by atoms with Crippen LogP contribution in [0.25, 0.3) is 0 Å². The van der Waals surface area contributed by atoms with Gasteiger partial charge in [0.1, 0.15) is 0 Å². The van der Waals surface area contributed by atoms with Crippen LogP contribution in [0.15, 0.2) is 0 Å². The van der Waals surface area contributed by atoms with Gasteiger partial charge in [-0.2, -0.15) is 0 Å². The van der Waals surface area contributed by atoms with E-state index in [1.807, 2.05) is 0 Å². The van der Waals surface area contributed by atoms with Crippen molar-refractivity contribution in [3.8, 4) is 0 Å². The summed E-state index contributed by atoms with van der Waals surface area (Å²) in [5.74, 6) is 0. The van der Waals surface area contributed by atoms with Crippen molar-refractivity contribution >= 4 is 0 Å². The molecule has 0 radical (unpaired) electrons. The first-order chi connectivity index (χ1) is 7.81. The molecule has 0 heterocycles. The van der Waals surface area contributed by atoms with E-state index in [1.165, 1.54) is 38.5 Å². The van der Waals surface area contributed by atoms with Gasteiger partial charge in [-0.3, -0.25) is 0 Å². The smallest absolute Gasteiger partial charge is 0.0773 e. The van der Waals surface area contributed by atoms with Crippen molar-refractivity contribution in [3.63, 3.8) is 0 Å². The minimum Gasteiger partial charge on any atom is -0.391 e. The summed E-state index contributed by atoms with van der Waals surface area (Å²) in [5.41, 5.74) is 0. The topological polar surface area (TPSA) is 29.5 Å². The van der Waals surface area contributed by atoms with Crippen LogP contribution in [0.1, 0.15) is 71.6 Å². The third kappa shape index (κ3) is 12.0. The highest BCUT2D eigenvalue weighted by molar-refractivity contribution is 4.55. The Morgan fingerprint density at radius 1 is 0.875 bits per heavy atom. The second-order valence-corrected chi connectivity index (χ2v) is 4.64. The van der Waals surface area contributed by atoms with Gasteiger partial charge in [0.05, 0.1) is 12.7 Å². The lowest BCUT2D eigenvalue weighted by Crippen LogP contribution is -2.15. The van der Waals surface area contributed by atoms with Crippen molar-refractivity contribution in [3.05, 3.63) is 0 Å². The summed E-state index contributed by atoms with van der Waals surface area (Å²) in [5, 5.41) is 9.59. The fourth-order valence-corrected chi connectivity index (χ4v) is 1.78. The maximum atomic E-state index is 9.59. The Labute approximate surface area is 101 Å². The maximum absolute atomic E-state index is 9.59. The van der Waals surface area contributed by atoms with E-state index in [0.717, 1.165) is 25.9 Å². The molecule has 0 bridgehead atoms. The highest BCUT2D eigenvalue weighted by atomic mass is 16.5. The molecule has 0 saturated heterocycles. The maximum Gasteiger partial charge on any atom is 0.0773 e. The van der Waals surface area contributed by atoms with E-state index in [-0.39, 0.29) is 6.10 Å². The zero-order chi connectivity index (χ0) is 12.1. The molecule has 1 N–H and O–H groups in total. The Morgan fingerprint density at radius 2 is 1.50 bits per heavy atom. The summed E-state index contributed by atoms with van der Waals surface area (Å²) >= 11 is 0. The van der Waals surface area contributed by atoms with Crippen LogP contribution in [0.3, 0.4) is 0 Å². The first-order valence-corrected chi connectivity index (χ1v) is 7.07. The molecule has 1 atom stereocenters. The summed E-state index contributed by atoms with van der Waals surface area (Å²) in [4.78, 5) is 0. The predicted octanol–water partition coefficient (Wildman–Crippen LogP) is 3.91. The molecule has 1 unspecified atom stereocenters. The molecule has 2 nitrogen and oxygen atoms in total. The van der Waals surface area contributed by atoms with Gasteiger partial charge in [-0.15, -0.1) is 0 Å². The molecule has 0 aliphatic rings. The van der Waals surface area contributed by atoms with Gasteiger partial charge in [-0.1, -0.05) is 58.8 Å². The number of aliphatic hydroxyl groups is 1. The minimum absolute atomic E-state index is 0.248. The van der Waals surface area contributed by atoms with E-state index in [0.29, 0.717) is 6.61 Å². The molecule has 2 heteroatoms. The van der Waals surface area contributed by atoms with Gasteiger partial charge in [0.15, 0.2) is 0 Å². The lowest BCUT2D eigenvalue weighted by atomic mass is 10.1. The molecule has 0 rings (SSSR count). The Bertz CT molecular complexity index is 126. The van der Waals surface area contributed by atoms with Gasteiger partial charge in [0.25, 0.3) is 0 Å². The zero-order valence-electron chi connectivity index (χ0n) is 11.2. The fraction of sp³-hybridized carbons (Fsp3) is 1.00. The first kappa shape index (κ1) is 15.9. The van der Waals surface area contributed by atoms with Crippen LogP contribution in [0.5, 0.6) is 0 Å². The summed E-state index contributed by atoms with van der Waals surface area (Å²) in [6, 6.07) is 0. The Balaban J connectivity index is 3.06. The van der Waals surface area contributed by atoms with E-state index >= 15 is 0 Å². The van der Waals surface area contributed by atoms with Crippen LogP contribution < -0.4 is 0 Å². The van der Waals surface area contributed by atoms with Crippen LogP contribution in [0.4, 0.5) is 0 Å². The number of ether oxygens (including phenoxy) is 1. The third-order valence-electron chi connectivity index (χ3n) is 2.80. The number of aliphatic hydroxyl groups excluding tert-OH is 1. The molecule has 0 saturated carbocycles. The minimum atomic E-state index is -0.248. The molecule has 0 aliphatic carbocycles. The molecular weight excluding hydrogens is 200 g/mol. The van der Waals surface area contributed by atoms with Crippen molar-refractivity contribution in [1.82, 2.24) is 0 Å². The molecule has 0 aromatic rings. The molecule has 0 aliphatic heterocycles. The lowest BCUT2D eigenvalue weighted by molar-refractivity contribution is 0.0316. The van der Waals surface area contributed by atoms with Gasteiger partial charge in [-0.05, 0) is 12.8 Å². The molecule has 98 valence electrons. The zero-order valence-corrected chi connectivity index (χ0v) is 11.2. The molecule has 0 spiro atoms. The highest BCUT2D eigenvalue weighted by Crippen LogP contribution is 2.09. The van der Waals surface area contributed by atoms with E-state index in [2.05, 4.69) is 13.8 Å². The number of rotatable bonds is 12. The van der Waals surface area contributed by atoms with E-state index in [1.54, 1.807) is 0 Å². The van der Waals surface area contributed by atoms with Gasteiger partial charge in [-0.25, -0.2) is 0 Å². The summed E-state index contributed by atoms with van der Waals surface area (Å²) in [6.45, 7) is 5.62. The quantitative estimate of drug-likeness (QED) is 0.515. The number of hydrogen-bond donors (Lipinski definition) is 1. The summed E-state index contributed by atoms with van der Waals surface area (Å²) in [7, 11) is 0. The average molecular weight is 230 g/mol. The number of unbranched alkanes of at least 4 members (excludes halogenated alkanes) is 6. The SMILES string of the molecule is CCCCCCCCCC(O)COCCC. The van der Waals surface area contributed by atoms with Crippen molar-refractivity contribution in [2.45, 2.75) is 77.7 Å². The Morgan fingerprint density at radius 3 is 2.12 bits per heavy atom. The summed E-state index contributed by atoms with van der Waals surface area (Å²) in [6.07, 6.45) is 10.8. The van der Waals surface area contributed by atoms with Gasteiger partial charge >= 0.3 is 0 Å². The second-order valence-electron chi connectivity index (χ2n) is 4.64. The van der Waals surface area contributed by atoms with Crippen molar-refractivity contribution in [2.75, 3.05) is 13.2 Å². The van der Waals surface area contributed by atoms with E-state index in [4.69, 9.17) is 4.74 Å². The van der Waals surface area contributed by atoms with Gasteiger partial charge < -0.3 is 9.84 Å². The standard InChI is InChI=1S/C14H30O2/c1-3-5-6-7-8-9-10-11-14(15)13-16-12-4-2/h14-15H,3-13H2,1-2H3. The van der Waals surface area contributed by atoms with Crippen molar-refractivity contribution in [2.24, 2.45) is 0 Å². The normalized spacial score (nSPS) is 12.9. The van der Waals surface area contributed by atoms with E-state index in [9.17, 15) is 5.11 Å². The summed E-state index contributed by atoms with van der Waals surface area (Å²) < 4.78 is 5.30. The van der Waals surface area contributed by atoms with E-state index < -0.39 is 0 Å². The first-order valence-electron chi connectivity index (χ1n) is 7.07. The van der Waals surface area contributed by atoms with Crippen molar-refractivity contribution < 1.29 is 9.84 Å². The fourth-order valence-electron chi connectivity index (χ4n) is 1.78. The Kier molecular flexibility index (Phi) is 12.9. The molecular formula is C14H30O2. The molecule has 0 fully saturated rings. The average Bonchev–Trinajstić information content (AvgIpc) is 2.28. The number of hydrogen-bond acceptors (Lipinski definition) is 2. The van der Waals surface area contributed by atoms with Crippen LogP contribution in [-0.2, 0) is 4.74 Å². The van der Waals surface area contributed by atoms with Crippen LogP contribution in [0.2, 0.25) is 0 Å². The molecule has 16 heavy (non-hydrogen) atoms. The third-order valence-corrected chi connectivity index (χ3v) is 2.80. The highest BCUT2D eigenvalue weighted by Gasteiger charge is 2.03. The Hall–Kier alpha value is -0.0800. The largest absolute Gasteiger partial charge is 0.391 e. The van der Waals surface area contributed by atoms with Gasteiger partial charge in [0, 0.05) is 6.61 Å². The lowest BCUT2D eigenvalue weighted by Gasteiger charge is -2.10. The van der Waals surface area contributed by atoms with Crippen molar-refractivity contribution in [1.29, 1.82) is 0 Å². The van der Waals surface area contributed by atoms with Crippen LogP contribution in [-0.4, -0.2) is 24.4 Å². The van der Waals surface area contributed by atoms with Crippen LogP contribution in [0, 0.1) is 0 Å². The van der Waals surface area contributed by atoms with Crippen LogP contribution >= 0.6 is 0 Å². The molecule has 0 aromatic carbocycles. The monoisotopic (exact) mass is 230 g/mol. The van der Waals surface area contributed by atoms with Gasteiger partial charge in [0.2, 0.25) is 0 Å². The molecule has 0 aromatic heterocycles. The predicted molar refractivity (Wildman–Crippen MR) is 69.7 cm³/mol. The second kappa shape index (κ2) is 13.0.